The number of hydrogen-bond acceptors (Lipinski definition) is 2. The van der Waals surface area contributed by atoms with Gasteiger partial charge in [-0.15, -0.1) is 0 Å². The molecule has 0 radical (unpaired) electrons. The predicted molar refractivity (Wildman–Crippen MR) is 38.5 cm³/mol. The van der Waals surface area contributed by atoms with Gasteiger partial charge in [0.05, 0.1) is 12.9 Å². The van der Waals surface area contributed by atoms with Crippen LogP contribution in [-0.4, -0.2) is 12.4 Å². The Labute approximate surface area is 60.9 Å². The Bertz CT molecular complexity index is 145. The molecule has 0 spiro atoms. The molecule has 1 saturated carbocycles. The highest BCUT2D eigenvalue weighted by atomic mass is 16.5. The van der Waals surface area contributed by atoms with Crippen LogP contribution in [0.5, 0.6) is 0 Å². The fourth-order valence-electron chi connectivity index (χ4n) is 0.715. The van der Waals surface area contributed by atoms with Crippen molar-refractivity contribution in [3.8, 4) is 0 Å². The predicted octanol–water partition coefficient (Wildman–Crippen LogP) is 1.52. The third-order valence-electron chi connectivity index (χ3n) is 1.47. The summed E-state index contributed by atoms with van der Waals surface area (Å²) >= 11 is 0. The molecule has 0 amide bonds. The zero-order chi connectivity index (χ0) is 7.40. The van der Waals surface area contributed by atoms with Gasteiger partial charge in [0.1, 0.15) is 0 Å². The highest BCUT2D eigenvalue weighted by Gasteiger charge is 2.27. The summed E-state index contributed by atoms with van der Waals surface area (Å²) in [5.74, 6) is 0.533. The molecular weight excluding hydrogens is 128 g/mol. The number of rotatable bonds is 4. The van der Waals surface area contributed by atoms with Crippen LogP contribution in [0.2, 0.25) is 0 Å². The maximum absolute atomic E-state index is 10.9. The fraction of sp³-hybridized carbons (Fsp3) is 0.625. The van der Waals surface area contributed by atoms with Crippen molar-refractivity contribution in [2.75, 3.05) is 6.61 Å². The molecular formula is C8H12O2. The molecule has 0 saturated heterocycles. The van der Waals surface area contributed by atoms with Crippen molar-refractivity contribution in [3.05, 3.63) is 12.3 Å². The molecule has 56 valence electrons. The number of allylic oxidation sites excluding steroid dienone is 1. The zero-order valence-electron chi connectivity index (χ0n) is 6.17. The average molecular weight is 140 g/mol. The molecule has 0 heterocycles. The van der Waals surface area contributed by atoms with Gasteiger partial charge in [-0.05, 0) is 19.8 Å². The van der Waals surface area contributed by atoms with E-state index in [1.807, 2.05) is 6.92 Å². The van der Waals surface area contributed by atoms with E-state index in [9.17, 15) is 4.79 Å². The van der Waals surface area contributed by atoms with Gasteiger partial charge in [0, 0.05) is 12.0 Å². The second-order valence-electron chi connectivity index (χ2n) is 2.43. The lowest BCUT2D eigenvalue weighted by Gasteiger charge is -1.90. The molecule has 1 aliphatic rings. The van der Waals surface area contributed by atoms with E-state index in [1.165, 1.54) is 12.3 Å². The summed E-state index contributed by atoms with van der Waals surface area (Å²) in [4.78, 5) is 10.9. The van der Waals surface area contributed by atoms with Crippen molar-refractivity contribution in [3.63, 3.8) is 0 Å². The summed E-state index contributed by atoms with van der Waals surface area (Å²) in [6.07, 6.45) is 5.15. The normalized spacial score (nSPS) is 17.7. The van der Waals surface area contributed by atoms with Gasteiger partial charge in [0.25, 0.3) is 0 Å². The minimum atomic E-state index is 0.216. The van der Waals surface area contributed by atoms with Gasteiger partial charge in [-0.25, -0.2) is 0 Å². The van der Waals surface area contributed by atoms with Gasteiger partial charge in [-0.2, -0.15) is 0 Å². The quantitative estimate of drug-likeness (QED) is 0.437. The van der Waals surface area contributed by atoms with Gasteiger partial charge in [-0.1, -0.05) is 0 Å². The number of hydrogen-bond donors (Lipinski definition) is 0. The van der Waals surface area contributed by atoms with Crippen LogP contribution in [0, 0.1) is 5.92 Å². The van der Waals surface area contributed by atoms with E-state index in [1.54, 1.807) is 0 Å². The molecule has 0 aromatic carbocycles. The van der Waals surface area contributed by atoms with Crippen LogP contribution in [0.3, 0.4) is 0 Å². The van der Waals surface area contributed by atoms with E-state index in [-0.39, 0.29) is 5.78 Å². The van der Waals surface area contributed by atoms with Gasteiger partial charge >= 0.3 is 0 Å². The van der Waals surface area contributed by atoms with Crippen molar-refractivity contribution in [1.82, 2.24) is 0 Å². The molecule has 2 nitrogen and oxygen atoms in total. The Morgan fingerprint density at radius 3 is 2.90 bits per heavy atom. The lowest BCUT2D eigenvalue weighted by molar-refractivity contribution is -0.115. The minimum absolute atomic E-state index is 0.216. The van der Waals surface area contributed by atoms with Gasteiger partial charge < -0.3 is 4.74 Å². The van der Waals surface area contributed by atoms with Gasteiger partial charge in [-0.3, -0.25) is 4.79 Å². The summed E-state index contributed by atoms with van der Waals surface area (Å²) in [6.45, 7) is 2.53. The van der Waals surface area contributed by atoms with Crippen LogP contribution in [0.4, 0.5) is 0 Å². The Hall–Kier alpha value is -0.790. The summed E-state index contributed by atoms with van der Waals surface area (Å²) < 4.78 is 4.88. The first-order chi connectivity index (χ1) is 4.84. The van der Waals surface area contributed by atoms with Crippen molar-refractivity contribution in [2.24, 2.45) is 5.92 Å². The zero-order valence-corrected chi connectivity index (χ0v) is 6.17. The van der Waals surface area contributed by atoms with Crippen LogP contribution < -0.4 is 0 Å². The van der Waals surface area contributed by atoms with E-state index < -0.39 is 0 Å². The van der Waals surface area contributed by atoms with Crippen LogP contribution >= 0.6 is 0 Å². The number of carbonyl (C=O) groups is 1. The Balaban J connectivity index is 2.16. The van der Waals surface area contributed by atoms with Gasteiger partial charge in [0.2, 0.25) is 0 Å². The standard InChI is InChI=1S/C8H12O2/c1-2-10-6-5-8(9)7-3-4-7/h5-7H,2-4H2,1H3. The molecule has 0 unspecified atom stereocenters. The van der Waals surface area contributed by atoms with E-state index in [0.717, 1.165) is 12.8 Å². The fourth-order valence-corrected chi connectivity index (χ4v) is 0.715. The molecule has 1 fully saturated rings. The summed E-state index contributed by atoms with van der Waals surface area (Å²) in [6, 6.07) is 0. The molecule has 1 rings (SSSR count). The van der Waals surface area contributed by atoms with E-state index in [0.29, 0.717) is 12.5 Å². The molecule has 10 heavy (non-hydrogen) atoms. The number of carbonyl (C=O) groups excluding carboxylic acids is 1. The second-order valence-corrected chi connectivity index (χ2v) is 2.43. The smallest absolute Gasteiger partial charge is 0.161 e. The molecule has 0 N–H and O–H groups in total. The number of ether oxygens (including phenoxy) is 1. The monoisotopic (exact) mass is 140 g/mol. The number of ketones is 1. The van der Waals surface area contributed by atoms with Crippen molar-refractivity contribution in [1.29, 1.82) is 0 Å². The van der Waals surface area contributed by atoms with Crippen LogP contribution in [0.15, 0.2) is 12.3 Å². The Morgan fingerprint density at radius 1 is 1.70 bits per heavy atom. The van der Waals surface area contributed by atoms with E-state index in [4.69, 9.17) is 4.74 Å². The third-order valence-corrected chi connectivity index (χ3v) is 1.47. The lowest BCUT2D eigenvalue weighted by Crippen LogP contribution is -1.94. The Morgan fingerprint density at radius 2 is 2.40 bits per heavy atom. The third kappa shape index (κ3) is 2.21. The van der Waals surface area contributed by atoms with Gasteiger partial charge in [0.15, 0.2) is 5.78 Å². The first kappa shape index (κ1) is 7.32. The second kappa shape index (κ2) is 3.40. The lowest BCUT2D eigenvalue weighted by atomic mass is 10.3. The Kier molecular flexibility index (Phi) is 2.49. The molecule has 0 aromatic rings. The first-order valence-electron chi connectivity index (χ1n) is 3.66. The van der Waals surface area contributed by atoms with E-state index in [2.05, 4.69) is 0 Å². The van der Waals surface area contributed by atoms with E-state index >= 15 is 0 Å². The summed E-state index contributed by atoms with van der Waals surface area (Å²) in [7, 11) is 0. The minimum Gasteiger partial charge on any atom is -0.501 e. The summed E-state index contributed by atoms with van der Waals surface area (Å²) in [5.41, 5.74) is 0. The van der Waals surface area contributed by atoms with Crippen LogP contribution in [0.25, 0.3) is 0 Å². The van der Waals surface area contributed by atoms with Crippen molar-refractivity contribution in [2.45, 2.75) is 19.8 Å². The first-order valence-corrected chi connectivity index (χ1v) is 3.66. The highest BCUT2D eigenvalue weighted by Crippen LogP contribution is 2.29. The van der Waals surface area contributed by atoms with Crippen LogP contribution in [0.1, 0.15) is 19.8 Å². The maximum Gasteiger partial charge on any atom is 0.161 e. The molecule has 0 bridgehead atoms. The molecule has 0 aliphatic heterocycles. The van der Waals surface area contributed by atoms with Crippen molar-refractivity contribution >= 4 is 5.78 Å². The van der Waals surface area contributed by atoms with Crippen molar-refractivity contribution < 1.29 is 9.53 Å². The molecule has 0 atom stereocenters. The summed E-state index contributed by atoms with van der Waals surface area (Å²) in [5, 5.41) is 0. The molecule has 1 aliphatic carbocycles. The largest absolute Gasteiger partial charge is 0.501 e. The topological polar surface area (TPSA) is 26.3 Å². The molecule has 0 aromatic heterocycles. The highest BCUT2D eigenvalue weighted by molar-refractivity contribution is 5.93. The van der Waals surface area contributed by atoms with Crippen LogP contribution in [-0.2, 0) is 9.53 Å². The maximum atomic E-state index is 10.9. The SMILES string of the molecule is CCOC=CC(=O)C1CC1. The molecule has 2 heteroatoms. The average Bonchev–Trinajstić information content (AvgIpc) is 2.69.